The zero-order valence-corrected chi connectivity index (χ0v) is 13.2. The van der Waals surface area contributed by atoms with E-state index in [0.717, 1.165) is 18.2 Å². The number of aromatic nitrogens is 1. The fraction of sp³-hybridized carbons (Fsp3) is 0.176. The SMILES string of the molecule is O=C(O)/C=C/c1cnc(NCCCOc2ccccc2)c(Cl)c1. The van der Waals surface area contributed by atoms with Gasteiger partial charge < -0.3 is 15.2 Å². The molecule has 23 heavy (non-hydrogen) atoms. The lowest BCUT2D eigenvalue weighted by Gasteiger charge is -2.09. The van der Waals surface area contributed by atoms with Crippen molar-refractivity contribution >= 4 is 29.5 Å². The van der Waals surface area contributed by atoms with Gasteiger partial charge in [-0.1, -0.05) is 29.8 Å². The number of carboxylic acids is 1. The highest BCUT2D eigenvalue weighted by atomic mass is 35.5. The number of benzene rings is 1. The maximum Gasteiger partial charge on any atom is 0.328 e. The van der Waals surface area contributed by atoms with E-state index in [1.54, 1.807) is 12.3 Å². The van der Waals surface area contributed by atoms with Crippen molar-refractivity contribution in [3.05, 3.63) is 59.3 Å². The van der Waals surface area contributed by atoms with E-state index in [9.17, 15) is 4.79 Å². The van der Waals surface area contributed by atoms with E-state index in [2.05, 4.69) is 10.3 Å². The topological polar surface area (TPSA) is 71.5 Å². The number of aliphatic carboxylic acids is 1. The van der Waals surface area contributed by atoms with Gasteiger partial charge in [0.1, 0.15) is 11.6 Å². The summed E-state index contributed by atoms with van der Waals surface area (Å²) in [5.41, 5.74) is 0.635. The predicted octanol–water partition coefficient (Wildman–Crippen LogP) is 3.71. The molecule has 120 valence electrons. The number of carbonyl (C=O) groups is 1. The number of hydrogen-bond acceptors (Lipinski definition) is 4. The third-order valence-electron chi connectivity index (χ3n) is 2.91. The number of pyridine rings is 1. The van der Waals surface area contributed by atoms with Gasteiger partial charge in [-0.2, -0.15) is 0 Å². The lowest BCUT2D eigenvalue weighted by Crippen LogP contribution is -2.08. The Morgan fingerprint density at radius 2 is 2.13 bits per heavy atom. The Kier molecular flexibility index (Phi) is 6.44. The molecule has 5 nitrogen and oxygen atoms in total. The average molecular weight is 333 g/mol. The van der Waals surface area contributed by atoms with Crippen LogP contribution in [0, 0.1) is 0 Å². The molecule has 0 spiro atoms. The summed E-state index contributed by atoms with van der Waals surface area (Å²) in [5.74, 6) is 0.402. The first-order valence-corrected chi connectivity index (χ1v) is 7.51. The molecular weight excluding hydrogens is 316 g/mol. The van der Waals surface area contributed by atoms with Crippen molar-refractivity contribution in [2.45, 2.75) is 6.42 Å². The number of carboxylic acid groups (broad SMARTS) is 1. The molecule has 0 aliphatic carbocycles. The molecule has 0 unspecified atom stereocenters. The van der Waals surface area contributed by atoms with Gasteiger partial charge in [-0.15, -0.1) is 0 Å². The van der Waals surface area contributed by atoms with Gasteiger partial charge in [0.2, 0.25) is 0 Å². The summed E-state index contributed by atoms with van der Waals surface area (Å²) in [5, 5.41) is 12.2. The number of ether oxygens (including phenoxy) is 1. The summed E-state index contributed by atoms with van der Waals surface area (Å²) in [6.45, 7) is 1.26. The number of hydrogen-bond donors (Lipinski definition) is 2. The van der Waals surface area contributed by atoms with Crippen LogP contribution in [0.4, 0.5) is 5.82 Å². The van der Waals surface area contributed by atoms with Gasteiger partial charge in [0.05, 0.1) is 11.6 Å². The molecule has 1 aromatic heterocycles. The minimum absolute atomic E-state index is 0.446. The molecule has 0 fully saturated rings. The highest BCUT2D eigenvalue weighted by molar-refractivity contribution is 6.33. The van der Waals surface area contributed by atoms with Crippen molar-refractivity contribution in [1.29, 1.82) is 0 Å². The van der Waals surface area contributed by atoms with Crippen LogP contribution in [0.5, 0.6) is 5.75 Å². The van der Waals surface area contributed by atoms with Gasteiger partial charge in [-0.25, -0.2) is 9.78 Å². The second kappa shape index (κ2) is 8.80. The molecule has 0 saturated carbocycles. The summed E-state index contributed by atoms with van der Waals surface area (Å²) in [4.78, 5) is 14.6. The summed E-state index contributed by atoms with van der Waals surface area (Å²) in [6, 6.07) is 11.3. The molecular formula is C17H17ClN2O3. The van der Waals surface area contributed by atoms with Crippen molar-refractivity contribution in [3.63, 3.8) is 0 Å². The van der Waals surface area contributed by atoms with E-state index < -0.39 is 5.97 Å². The van der Waals surface area contributed by atoms with Crippen LogP contribution in [0.3, 0.4) is 0 Å². The standard InChI is InChI=1S/C17H17ClN2O3/c18-15-11-13(7-8-16(21)22)12-20-17(15)19-9-4-10-23-14-5-2-1-3-6-14/h1-3,5-8,11-12H,4,9-10H2,(H,19,20)(H,21,22)/b8-7+. The van der Waals surface area contributed by atoms with Crippen LogP contribution in [-0.4, -0.2) is 29.2 Å². The second-order valence-electron chi connectivity index (χ2n) is 4.71. The van der Waals surface area contributed by atoms with Gasteiger partial charge in [0.25, 0.3) is 0 Å². The smallest absolute Gasteiger partial charge is 0.328 e. The van der Waals surface area contributed by atoms with Gasteiger partial charge in [0, 0.05) is 18.8 Å². The number of anilines is 1. The monoisotopic (exact) mass is 332 g/mol. The highest BCUT2D eigenvalue weighted by Crippen LogP contribution is 2.20. The molecule has 2 aromatic rings. The number of halogens is 1. The van der Waals surface area contributed by atoms with Crippen LogP contribution in [0.15, 0.2) is 48.7 Å². The largest absolute Gasteiger partial charge is 0.494 e. The molecule has 0 aliphatic rings. The molecule has 2 N–H and O–H groups in total. The number of rotatable bonds is 8. The van der Waals surface area contributed by atoms with Crippen LogP contribution < -0.4 is 10.1 Å². The Hall–Kier alpha value is -2.53. The van der Waals surface area contributed by atoms with E-state index in [1.165, 1.54) is 6.08 Å². The van der Waals surface area contributed by atoms with Crippen molar-refractivity contribution < 1.29 is 14.6 Å². The average Bonchev–Trinajstić information content (AvgIpc) is 2.55. The van der Waals surface area contributed by atoms with Crippen LogP contribution in [0.1, 0.15) is 12.0 Å². The van der Waals surface area contributed by atoms with Crippen LogP contribution in [-0.2, 0) is 4.79 Å². The fourth-order valence-electron chi connectivity index (χ4n) is 1.83. The summed E-state index contributed by atoms with van der Waals surface area (Å²) < 4.78 is 5.59. The normalized spacial score (nSPS) is 10.7. The fourth-order valence-corrected chi connectivity index (χ4v) is 2.07. The van der Waals surface area contributed by atoms with E-state index in [1.807, 2.05) is 30.3 Å². The maximum atomic E-state index is 10.5. The molecule has 0 bridgehead atoms. The molecule has 2 rings (SSSR count). The van der Waals surface area contributed by atoms with Crippen molar-refractivity contribution in [2.75, 3.05) is 18.5 Å². The Morgan fingerprint density at radius 3 is 2.83 bits per heavy atom. The van der Waals surface area contributed by atoms with Crippen LogP contribution >= 0.6 is 11.6 Å². The van der Waals surface area contributed by atoms with E-state index in [4.69, 9.17) is 21.4 Å². The van der Waals surface area contributed by atoms with Gasteiger partial charge in [-0.05, 0) is 36.3 Å². The van der Waals surface area contributed by atoms with Gasteiger partial charge >= 0.3 is 5.97 Å². The first kappa shape index (κ1) is 16.8. The van der Waals surface area contributed by atoms with Crippen molar-refractivity contribution in [2.24, 2.45) is 0 Å². The zero-order chi connectivity index (χ0) is 16.5. The van der Waals surface area contributed by atoms with E-state index >= 15 is 0 Å². The quantitative estimate of drug-likeness (QED) is 0.569. The lowest BCUT2D eigenvalue weighted by molar-refractivity contribution is -0.131. The molecule has 0 amide bonds. The molecule has 1 heterocycles. The molecule has 0 saturated heterocycles. The van der Waals surface area contributed by atoms with Crippen molar-refractivity contribution in [1.82, 2.24) is 4.98 Å². The third kappa shape index (κ3) is 6.00. The van der Waals surface area contributed by atoms with Gasteiger partial charge in [0.15, 0.2) is 0 Å². The van der Waals surface area contributed by atoms with Crippen molar-refractivity contribution in [3.8, 4) is 5.75 Å². The highest BCUT2D eigenvalue weighted by Gasteiger charge is 2.02. The summed E-state index contributed by atoms with van der Waals surface area (Å²) >= 11 is 6.12. The Morgan fingerprint density at radius 1 is 1.35 bits per heavy atom. The minimum atomic E-state index is -1.01. The lowest BCUT2D eigenvalue weighted by atomic mass is 10.2. The Balaban J connectivity index is 1.76. The molecule has 0 radical (unpaired) electrons. The number of nitrogens with one attached hydrogen (secondary N) is 1. The molecule has 0 aliphatic heterocycles. The second-order valence-corrected chi connectivity index (χ2v) is 5.12. The van der Waals surface area contributed by atoms with Crippen LogP contribution in [0.25, 0.3) is 6.08 Å². The Labute approximate surface area is 139 Å². The minimum Gasteiger partial charge on any atom is -0.494 e. The zero-order valence-electron chi connectivity index (χ0n) is 12.4. The molecule has 6 heteroatoms. The first-order chi connectivity index (χ1) is 11.1. The third-order valence-corrected chi connectivity index (χ3v) is 3.19. The van der Waals surface area contributed by atoms with E-state index in [0.29, 0.717) is 29.6 Å². The summed E-state index contributed by atoms with van der Waals surface area (Å²) in [7, 11) is 0. The molecule has 0 atom stereocenters. The van der Waals surface area contributed by atoms with Crippen LogP contribution in [0.2, 0.25) is 5.02 Å². The maximum absolute atomic E-state index is 10.5. The number of para-hydroxylation sites is 1. The summed E-state index contributed by atoms with van der Waals surface area (Å²) in [6.07, 6.45) is 4.85. The number of nitrogens with zero attached hydrogens (tertiary/aromatic N) is 1. The first-order valence-electron chi connectivity index (χ1n) is 7.13. The van der Waals surface area contributed by atoms with E-state index in [-0.39, 0.29) is 0 Å². The molecule has 1 aromatic carbocycles. The van der Waals surface area contributed by atoms with Gasteiger partial charge in [-0.3, -0.25) is 0 Å². The Bertz CT molecular complexity index is 675. The predicted molar refractivity (Wildman–Crippen MR) is 91.0 cm³/mol.